The van der Waals surface area contributed by atoms with Crippen molar-refractivity contribution in [3.8, 4) is 0 Å². The highest BCUT2D eigenvalue weighted by molar-refractivity contribution is 5.80. The molecule has 4 nitrogen and oxygen atoms in total. The van der Waals surface area contributed by atoms with Gasteiger partial charge in [0.25, 0.3) is 0 Å². The monoisotopic (exact) mass is 217 g/mol. The van der Waals surface area contributed by atoms with E-state index in [1.165, 1.54) is 7.11 Å². The van der Waals surface area contributed by atoms with E-state index in [0.29, 0.717) is 13.0 Å². The second-order valence-corrected chi connectivity index (χ2v) is 4.10. The molecule has 1 atom stereocenters. The smallest absolute Gasteiger partial charge is 0.325 e. The van der Waals surface area contributed by atoms with Crippen LogP contribution in [0.25, 0.3) is 0 Å². The zero-order valence-corrected chi connectivity index (χ0v) is 10.4. The molecular formula is C11H23NO3. The number of rotatable bonds is 7. The molecule has 1 N–H and O–H groups in total. The van der Waals surface area contributed by atoms with Gasteiger partial charge in [-0.15, -0.1) is 0 Å². The molecule has 0 rings (SSSR count). The second-order valence-electron chi connectivity index (χ2n) is 4.10. The lowest BCUT2D eigenvalue weighted by atomic mass is 9.96. The first-order valence-electron chi connectivity index (χ1n) is 5.35. The lowest BCUT2D eigenvalue weighted by Crippen LogP contribution is -2.48. The van der Waals surface area contributed by atoms with Crippen molar-refractivity contribution in [2.75, 3.05) is 20.8 Å². The zero-order chi connectivity index (χ0) is 11.9. The Morgan fingerprint density at radius 3 is 2.47 bits per heavy atom. The van der Waals surface area contributed by atoms with E-state index in [1.54, 1.807) is 7.05 Å². The van der Waals surface area contributed by atoms with Gasteiger partial charge in [-0.05, 0) is 40.7 Å². The van der Waals surface area contributed by atoms with Gasteiger partial charge in [0.2, 0.25) is 0 Å². The Bertz CT molecular complexity index is 194. The van der Waals surface area contributed by atoms with Crippen LogP contribution in [0.1, 0.15) is 33.6 Å². The van der Waals surface area contributed by atoms with Gasteiger partial charge < -0.3 is 14.8 Å². The maximum atomic E-state index is 11.5. The van der Waals surface area contributed by atoms with E-state index in [2.05, 4.69) is 5.32 Å². The summed E-state index contributed by atoms with van der Waals surface area (Å²) < 4.78 is 10.2. The van der Waals surface area contributed by atoms with E-state index >= 15 is 0 Å². The molecule has 0 saturated carbocycles. The number of methoxy groups -OCH3 is 1. The topological polar surface area (TPSA) is 47.6 Å². The van der Waals surface area contributed by atoms with E-state index in [-0.39, 0.29) is 12.1 Å². The molecule has 0 aromatic heterocycles. The van der Waals surface area contributed by atoms with E-state index in [4.69, 9.17) is 9.47 Å². The lowest BCUT2D eigenvalue weighted by molar-refractivity contribution is -0.148. The summed E-state index contributed by atoms with van der Waals surface area (Å²) in [6.07, 6.45) is 1.79. The highest BCUT2D eigenvalue weighted by Gasteiger charge is 2.31. The Balaban J connectivity index is 3.94. The summed E-state index contributed by atoms with van der Waals surface area (Å²) in [7, 11) is 3.17. The molecule has 0 aromatic carbocycles. The Kier molecular flexibility index (Phi) is 6.52. The van der Waals surface area contributed by atoms with Crippen molar-refractivity contribution in [2.45, 2.75) is 45.3 Å². The van der Waals surface area contributed by atoms with Gasteiger partial charge in [-0.1, -0.05) is 0 Å². The Morgan fingerprint density at radius 2 is 2.07 bits per heavy atom. The number of hydrogen-bond donors (Lipinski definition) is 1. The summed E-state index contributed by atoms with van der Waals surface area (Å²) >= 11 is 0. The summed E-state index contributed by atoms with van der Waals surface area (Å²) in [6.45, 7) is 6.51. The van der Waals surface area contributed by atoms with Crippen LogP contribution in [0.3, 0.4) is 0 Å². The summed E-state index contributed by atoms with van der Waals surface area (Å²) in [5.74, 6) is -0.227. The van der Waals surface area contributed by atoms with Crippen molar-refractivity contribution in [2.24, 2.45) is 0 Å². The van der Waals surface area contributed by atoms with Gasteiger partial charge in [0.1, 0.15) is 5.54 Å². The number of ether oxygens (including phenoxy) is 2. The Hall–Kier alpha value is -0.610. The summed E-state index contributed by atoms with van der Waals surface area (Å²) in [4.78, 5) is 11.5. The van der Waals surface area contributed by atoms with E-state index < -0.39 is 5.54 Å². The molecule has 0 radical (unpaired) electrons. The number of nitrogens with one attached hydrogen (secondary N) is 1. The van der Waals surface area contributed by atoms with Gasteiger partial charge in [-0.25, -0.2) is 0 Å². The quantitative estimate of drug-likeness (QED) is 0.516. The lowest BCUT2D eigenvalue weighted by Gasteiger charge is -2.26. The first-order valence-corrected chi connectivity index (χ1v) is 5.35. The number of likely N-dealkylation sites (N-methyl/N-ethyl adjacent to an activating group) is 1. The molecule has 1 unspecified atom stereocenters. The molecule has 15 heavy (non-hydrogen) atoms. The normalized spacial score (nSPS) is 15.1. The Morgan fingerprint density at radius 1 is 1.47 bits per heavy atom. The number of esters is 1. The third-order valence-electron chi connectivity index (χ3n) is 2.46. The zero-order valence-electron chi connectivity index (χ0n) is 10.4. The fourth-order valence-corrected chi connectivity index (χ4v) is 1.30. The maximum Gasteiger partial charge on any atom is 0.325 e. The third-order valence-corrected chi connectivity index (χ3v) is 2.46. The molecular weight excluding hydrogens is 194 g/mol. The molecule has 90 valence electrons. The largest absolute Gasteiger partial charge is 0.468 e. The molecule has 0 spiro atoms. The molecule has 0 aliphatic carbocycles. The van der Waals surface area contributed by atoms with Gasteiger partial charge >= 0.3 is 5.97 Å². The van der Waals surface area contributed by atoms with E-state index in [0.717, 1.165) is 6.42 Å². The van der Waals surface area contributed by atoms with Crippen LogP contribution in [0.2, 0.25) is 0 Å². The summed E-state index contributed by atoms with van der Waals surface area (Å²) in [5, 5.41) is 2.99. The van der Waals surface area contributed by atoms with Crippen molar-refractivity contribution >= 4 is 5.97 Å². The van der Waals surface area contributed by atoms with Crippen molar-refractivity contribution in [3.63, 3.8) is 0 Å². The van der Waals surface area contributed by atoms with E-state index in [1.807, 2.05) is 20.8 Å². The van der Waals surface area contributed by atoms with Crippen LogP contribution in [-0.4, -0.2) is 38.4 Å². The maximum absolute atomic E-state index is 11.5. The van der Waals surface area contributed by atoms with Crippen LogP contribution in [0, 0.1) is 0 Å². The van der Waals surface area contributed by atoms with Crippen LogP contribution in [0.4, 0.5) is 0 Å². The molecule has 0 aliphatic heterocycles. The van der Waals surface area contributed by atoms with Gasteiger partial charge in [0.05, 0.1) is 13.2 Å². The minimum Gasteiger partial charge on any atom is -0.468 e. The van der Waals surface area contributed by atoms with Crippen LogP contribution in [-0.2, 0) is 14.3 Å². The average Bonchev–Trinajstić information content (AvgIpc) is 2.22. The van der Waals surface area contributed by atoms with Gasteiger partial charge in [-0.2, -0.15) is 0 Å². The highest BCUT2D eigenvalue weighted by atomic mass is 16.5. The third kappa shape index (κ3) is 5.14. The molecule has 4 heteroatoms. The second kappa shape index (κ2) is 6.80. The minimum atomic E-state index is -0.602. The first-order chi connectivity index (χ1) is 6.96. The molecule has 0 heterocycles. The highest BCUT2D eigenvalue weighted by Crippen LogP contribution is 2.13. The molecule has 0 saturated heterocycles. The van der Waals surface area contributed by atoms with Crippen molar-refractivity contribution in [3.05, 3.63) is 0 Å². The fourth-order valence-electron chi connectivity index (χ4n) is 1.30. The number of carbonyl (C=O) groups excluding carboxylic acids is 1. The first kappa shape index (κ1) is 14.4. The molecule has 0 fully saturated rings. The summed E-state index contributed by atoms with van der Waals surface area (Å²) in [5.41, 5.74) is -0.602. The standard InChI is InChI=1S/C11H23NO3/c1-9(2)15-8-6-7-11(3,12-4)10(13)14-5/h9,12H,6-8H2,1-5H3. The predicted molar refractivity (Wildman–Crippen MR) is 59.8 cm³/mol. The number of hydrogen-bond acceptors (Lipinski definition) is 4. The minimum absolute atomic E-state index is 0.227. The van der Waals surface area contributed by atoms with Gasteiger partial charge in [-0.3, -0.25) is 4.79 Å². The number of carbonyl (C=O) groups is 1. The Labute approximate surface area is 92.3 Å². The molecule has 0 amide bonds. The predicted octanol–water partition coefficient (Wildman–Crippen LogP) is 1.34. The van der Waals surface area contributed by atoms with Gasteiger partial charge in [0.15, 0.2) is 0 Å². The molecule has 0 bridgehead atoms. The molecule has 0 aliphatic rings. The average molecular weight is 217 g/mol. The van der Waals surface area contributed by atoms with Crippen molar-refractivity contribution < 1.29 is 14.3 Å². The van der Waals surface area contributed by atoms with Crippen LogP contribution >= 0.6 is 0 Å². The molecule has 0 aromatic rings. The summed E-state index contributed by atoms with van der Waals surface area (Å²) in [6, 6.07) is 0. The SMILES string of the molecule is CNC(C)(CCCOC(C)C)C(=O)OC. The van der Waals surface area contributed by atoms with Crippen LogP contribution in [0.5, 0.6) is 0 Å². The van der Waals surface area contributed by atoms with Crippen LogP contribution in [0.15, 0.2) is 0 Å². The van der Waals surface area contributed by atoms with Crippen molar-refractivity contribution in [1.29, 1.82) is 0 Å². The fraction of sp³-hybridized carbons (Fsp3) is 0.909. The van der Waals surface area contributed by atoms with Crippen LogP contribution < -0.4 is 5.32 Å². The van der Waals surface area contributed by atoms with Crippen molar-refractivity contribution in [1.82, 2.24) is 5.32 Å². The van der Waals surface area contributed by atoms with Gasteiger partial charge in [0, 0.05) is 6.61 Å². The van der Waals surface area contributed by atoms with E-state index in [9.17, 15) is 4.79 Å².